The lowest BCUT2D eigenvalue weighted by Crippen LogP contribution is -2.23. The minimum atomic E-state index is -0.564. The lowest BCUT2D eigenvalue weighted by molar-refractivity contribution is 0.0952. The molecule has 0 unspecified atom stereocenters. The molecule has 0 fully saturated rings. The van der Waals surface area contributed by atoms with Gasteiger partial charge >= 0.3 is 0 Å². The molecule has 4 aromatic rings. The zero-order chi connectivity index (χ0) is 19.7. The van der Waals surface area contributed by atoms with E-state index in [2.05, 4.69) is 15.4 Å². The summed E-state index contributed by atoms with van der Waals surface area (Å²) in [5, 5.41) is 5.46. The first-order chi connectivity index (χ1) is 13.5. The maximum absolute atomic E-state index is 13.4. The van der Waals surface area contributed by atoms with Crippen LogP contribution in [-0.4, -0.2) is 20.5 Å². The van der Waals surface area contributed by atoms with Crippen LogP contribution in [0.3, 0.4) is 0 Å². The summed E-state index contributed by atoms with van der Waals surface area (Å²) in [5.74, 6) is -0.936. The van der Waals surface area contributed by atoms with Gasteiger partial charge in [0.15, 0.2) is 5.65 Å². The Bertz CT molecular complexity index is 1230. The number of carbonyl (C=O) groups excluding carboxylic acids is 1. The van der Waals surface area contributed by atoms with Crippen molar-refractivity contribution in [3.8, 4) is 11.3 Å². The topological polar surface area (TPSA) is 79.3 Å². The summed E-state index contributed by atoms with van der Waals surface area (Å²) in [6.07, 6.45) is 1.42. The van der Waals surface area contributed by atoms with Gasteiger partial charge < -0.3 is 5.32 Å². The second kappa shape index (κ2) is 7.28. The standard InChI is InChI=1S/C20H14ClFN4O2/c21-15-8-13(6-7-16(15)22)17-9-18(27)26-19(25-17)14(11-24-26)20(28)23-10-12-4-2-1-3-5-12/h1-9,11,24H,10H2,(H,23,28). The Morgan fingerprint density at radius 3 is 2.71 bits per heavy atom. The molecule has 0 saturated carbocycles. The quantitative estimate of drug-likeness (QED) is 0.554. The number of nitrogens with one attached hydrogen (secondary N) is 2. The molecular weight excluding hydrogens is 383 g/mol. The van der Waals surface area contributed by atoms with Crippen LogP contribution in [0.4, 0.5) is 4.39 Å². The predicted octanol–water partition coefficient (Wildman–Crippen LogP) is 3.41. The highest BCUT2D eigenvalue weighted by Gasteiger charge is 2.16. The van der Waals surface area contributed by atoms with Gasteiger partial charge in [0.25, 0.3) is 11.5 Å². The van der Waals surface area contributed by atoms with Gasteiger partial charge in [-0.1, -0.05) is 41.9 Å². The fourth-order valence-electron chi connectivity index (χ4n) is 2.83. The number of fused-ring (bicyclic) bond motifs is 1. The zero-order valence-corrected chi connectivity index (χ0v) is 15.2. The van der Waals surface area contributed by atoms with Crippen molar-refractivity contribution in [3.63, 3.8) is 0 Å². The zero-order valence-electron chi connectivity index (χ0n) is 14.4. The van der Waals surface area contributed by atoms with E-state index in [4.69, 9.17) is 11.6 Å². The third-order valence-electron chi connectivity index (χ3n) is 4.25. The molecule has 140 valence electrons. The molecule has 0 radical (unpaired) electrons. The Labute approximate surface area is 163 Å². The maximum atomic E-state index is 13.4. The average molecular weight is 397 g/mol. The Morgan fingerprint density at radius 2 is 1.96 bits per heavy atom. The molecule has 6 nitrogen and oxygen atoms in total. The van der Waals surface area contributed by atoms with Crippen LogP contribution in [0.25, 0.3) is 16.9 Å². The van der Waals surface area contributed by atoms with Gasteiger partial charge in [-0.15, -0.1) is 0 Å². The van der Waals surface area contributed by atoms with Gasteiger partial charge in [-0.05, 0) is 23.8 Å². The first-order valence-corrected chi connectivity index (χ1v) is 8.79. The highest BCUT2D eigenvalue weighted by atomic mass is 35.5. The summed E-state index contributed by atoms with van der Waals surface area (Å²) in [5.41, 5.74) is 1.72. The van der Waals surface area contributed by atoms with E-state index >= 15 is 0 Å². The SMILES string of the molecule is O=C(NCc1ccccc1)c1c[nH]n2c(=O)cc(-c3ccc(F)c(Cl)c3)nc12. The summed E-state index contributed by atoms with van der Waals surface area (Å²) >= 11 is 5.83. The number of halogens is 2. The number of H-pyrrole nitrogens is 1. The lowest BCUT2D eigenvalue weighted by Gasteiger charge is -2.05. The van der Waals surface area contributed by atoms with E-state index in [1.54, 1.807) is 0 Å². The molecule has 2 aromatic heterocycles. The van der Waals surface area contributed by atoms with Crippen molar-refractivity contribution in [2.75, 3.05) is 0 Å². The fourth-order valence-corrected chi connectivity index (χ4v) is 3.01. The number of carbonyl (C=O) groups is 1. The van der Waals surface area contributed by atoms with Gasteiger partial charge in [-0.3, -0.25) is 14.7 Å². The first kappa shape index (κ1) is 17.9. The van der Waals surface area contributed by atoms with Crippen molar-refractivity contribution in [1.82, 2.24) is 19.9 Å². The first-order valence-electron chi connectivity index (χ1n) is 8.41. The molecule has 0 aliphatic carbocycles. The van der Waals surface area contributed by atoms with Crippen molar-refractivity contribution in [1.29, 1.82) is 0 Å². The van der Waals surface area contributed by atoms with Crippen LogP contribution in [0, 0.1) is 5.82 Å². The van der Waals surface area contributed by atoms with Gasteiger partial charge in [0.2, 0.25) is 0 Å². The summed E-state index contributed by atoms with van der Waals surface area (Å²) in [4.78, 5) is 29.4. The number of benzene rings is 2. The predicted molar refractivity (Wildman–Crippen MR) is 104 cm³/mol. The molecule has 4 rings (SSSR count). The van der Waals surface area contributed by atoms with E-state index in [-0.39, 0.29) is 22.1 Å². The number of hydrogen-bond acceptors (Lipinski definition) is 3. The number of aromatic amines is 1. The van der Waals surface area contributed by atoms with Crippen LogP contribution in [0.15, 0.2) is 65.6 Å². The van der Waals surface area contributed by atoms with E-state index < -0.39 is 11.4 Å². The molecular formula is C20H14ClFN4O2. The lowest BCUT2D eigenvalue weighted by atomic mass is 10.1. The molecule has 0 spiro atoms. The monoisotopic (exact) mass is 396 g/mol. The summed E-state index contributed by atoms with van der Waals surface area (Å²) < 4.78 is 14.6. The number of hydrogen-bond donors (Lipinski definition) is 2. The normalized spacial score (nSPS) is 10.9. The van der Waals surface area contributed by atoms with Crippen molar-refractivity contribution in [2.24, 2.45) is 0 Å². The van der Waals surface area contributed by atoms with E-state index in [1.807, 2.05) is 30.3 Å². The maximum Gasteiger partial charge on any atom is 0.273 e. The van der Waals surface area contributed by atoms with Crippen LogP contribution in [0.1, 0.15) is 15.9 Å². The van der Waals surface area contributed by atoms with Gasteiger partial charge in [-0.2, -0.15) is 0 Å². The molecule has 2 N–H and O–H groups in total. The fraction of sp³-hybridized carbons (Fsp3) is 0.0500. The minimum absolute atomic E-state index is 0.0746. The van der Waals surface area contributed by atoms with Crippen LogP contribution in [0.5, 0.6) is 0 Å². The Balaban J connectivity index is 1.70. The average Bonchev–Trinajstić information content (AvgIpc) is 3.14. The highest BCUT2D eigenvalue weighted by molar-refractivity contribution is 6.31. The van der Waals surface area contributed by atoms with Gasteiger partial charge in [0.05, 0.1) is 10.7 Å². The molecule has 0 aliphatic heterocycles. The van der Waals surface area contributed by atoms with Gasteiger partial charge in [0.1, 0.15) is 11.4 Å². The van der Waals surface area contributed by atoms with E-state index in [0.717, 1.165) is 5.56 Å². The van der Waals surface area contributed by atoms with Crippen LogP contribution >= 0.6 is 11.6 Å². The Hall–Kier alpha value is -3.45. The number of rotatable bonds is 4. The molecule has 0 atom stereocenters. The summed E-state index contributed by atoms with van der Waals surface area (Å²) in [7, 11) is 0. The molecule has 0 bridgehead atoms. The number of aromatic nitrogens is 3. The molecule has 1 amide bonds. The van der Waals surface area contributed by atoms with Crippen LogP contribution in [-0.2, 0) is 6.54 Å². The van der Waals surface area contributed by atoms with Crippen LogP contribution in [0.2, 0.25) is 5.02 Å². The second-order valence-electron chi connectivity index (χ2n) is 6.12. The third kappa shape index (κ3) is 3.39. The highest BCUT2D eigenvalue weighted by Crippen LogP contribution is 2.23. The van der Waals surface area contributed by atoms with Crippen LogP contribution < -0.4 is 10.9 Å². The number of amides is 1. The minimum Gasteiger partial charge on any atom is -0.348 e. The van der Waals surface area contributed by atoms with Crippen molar-refractivity contribution < 1.29 is 9.18 Å². The third-order valence-corrected chi connectivity index (χ3v) is 4.54. The Kier molecular flexibility index (Phi) is 4.67. The Morgan fingerprint density at radius 1 is 1.18 bits per heavy atom. The summed E-state index contributed by atoms with van der Waals surface area (Å²) in [6.45, 7) is 0.342. The van der Waals surface area contributed by atoms with Crippen molar-refractivity contribution in [2.45, 2.75) is 6.54 Å². The van der Waals surface area contributed by atoms with E-state index in [0.29, 0.717) is 17.8 Å². The molecule has 28 heavy (non-hydrogen) atoms. The number of nitrogens with zero attached hydrogens (tertiary/aromatic N) is 2. The smallest absolute Gasteiger partial charge is 0.273 e. The second-order valence-corrected chi connectivity index (χ2v) is 6.53. The van der Waals surface area contributed by atoms with Gasteiger partial charge in [-0.25, -0.2) is 13.9 Å². The van der Waals surface area contributed by atoms with Crippen molar-refractivity contribution in [3.05, 3.63) is 93.1 Å². The molecule has 2 aromatic carbocycles. The largest absolute Gasteiger partial charge is 0.348 e. The molecule has 2 heterocycles. The molecule has 0 aliphatic rings. The van der Waals surface area contributed by atoms with E-state index in [9.17, 15) is 14.0 Å². The van der Waals surface area contributed by atoms with E-state index in [1.165, 1.54) is 35.0 Å². The molecule has 0 saturated heterocycles. The summed E-state index contributed by atoms with van der Waals surface area (Å²) in [6, 6.07) is 14.8. The van der Waals surface area contributed by atoms with Crippen molar-refractivity contribution >= 4 is 23.2 Å². The van der Waals surface area contributed by atoms with Gasteiger partial charge in [0, 0.05) is 24.4 Å². The molecule has 8 heteroatoms.